The van der Waals surface area contributed by atoms with Gasteiger partial charge in [0, 0.05) is 24.2 Å². The van der Waals surface area contributed by atoms with Crippen molar-refractivity contribution < 1.29 is 4.74 Å². The average Bonchev–Trinajstić information content (AvgIpc) is 2.37. The van der Waals surface area contributed by atoms with Gasteiger partial charge in [-0.25, -0.2) is 0 Å². The summed E-state index contributed by atoms with van der Waals surface area (Å²) in [6.07, 6.45) is 1.75. The number of halogens is 1. The number of rotatable bonds is 5. The maximum atomic E-state index is 6.12. The highest BCUT2D eigenvalue weighted by Gasteiger charge is 2.06. The van der Waals surface area contributed by atoms with Crippen LogP contribution in [-0.2, 0) is 0 Å². The van der Waals surface area contributed by atoms with Crippen molar-refractivity contribution in [1.82, 2.24) is 10.3 Å². The van der Waals surface area contributed by atoms with Gasteiger partial charge in [0.15, 0.2) is 0 Å². The van der Waals surface area contributed by atoms with Crippen molar-refractivity contribution in [1.29, 1.82) is 0 Å². The minimum absolute atomic E-state index is 0.466. The van der Waals surface area contributed by atoms with Gasteiger partial charge in [-0.05, 0) is 24.3 Å². The third kappa shape index (κ3) is 3.12. The number of fused-ring (bicyclic) bond motifs is 1. The molecule has 3 nitrogen and oxygen atoms in total. The molecule has 0 aliphatic carbocycles. The number of nitrogens with zero attached hydrogens (tertiary/aromatic N) is 1. The number of ether oxygens (including phenoxy) is 1. The Bertz CT molecular complexity index is 528. The predicted molar refractivity (Wildman–Crippen MR) is 75.4 cm³/mol. The monoisotopic (exact) mass is 264 g/mol. The third-order valence-corrected chi connectivity index (χ3v) is 2.92. The van der Waals surface area contributed by atoms with E-state index in [9.17, 15) is 0 Å². The summed E-state index contributed by atoms with van der Waals surface area (Å²) in [4.78, 5) is 4.33. The smallest absolute Gasteiger partial charge is 0.145 e. The summed E-state index contributed by atoms with van der Waals surface area (Å²) in [5, 5.41) is 4.93. The first-order chi connectivity index (χ1) is 8.68. The molecule has 0 atom stereocenters. The Morgan fingerprint density at radius 3 is 2.94 bits per heavy atom. The molecule has 0 fully saturated rings. The molecule has 0 bridgehead atoms. The molecule has 1 heterocycles. The van der Waals surface area contributed by atoms with Crippen LogP contribution in [0.15, 0.2) is 30.5 Å². The topological polar surface area (TPSA) is 34.1 Å². The second-order valence-electron chi connectivity index (χ2n) is 4.40. The summed E-state index contributed by atoms with van der Waals surface area (Å²) in [6.45, 7) is 5.65. The largest absolute Gasteiger partial charge is 0.490 e. The fourth-order valence-electron chi connectivity index (χ4n) is 1.74. The molecule has 96 valence electrons. The second kappa shape index (κ2) is 6.03. The molecular formula is C14H17ClN2O. The molecule has 0 aliphatic heterocycles. The number of hydrogen-bond donors (Lipinski definition) is 1. The van der Waals surface area contributed by atoms with Crippen molar-refractivity contribution in [2.45, 2.75) is 19.9 Å². The zero-order valence-electron chi connectivity index (χ0n) is 10.6. The van der Waals surface area contributed by atoms with E-state index in [1.807, 2.05) is 24.3 Å². The Morgan fingerprint density at radius 2 is 2.17 bits per heavy atom. The van der Waals surface area contributed by atoms with Gasteiger partial charge in [0.1, 0.15) is 17.9 Å². The van der Waals surface area contributed by atoms with Crippen molar-refractivity contribution in [2.24, 2.45) is 0 Å². The first-order valence-electron chi connectivity index (χ1n) is 6.08. The molecule has 2 rings (SSSR count). The molecule has 18 heavy (non-hydrogen) atoms. The van der Waals surface area contributed by atoms with Crippen LogP contribution in [0.5, 0.6) is 5.75 Å². The van der Waals surface area contributed by atoms with Crippen molar-refractivity contribution in [3.8, 4) is 5.75 Å². The molecule has 2 aromatic rings. The molecule has 0 radical (unpaired) electrons. The van der Waals surface area contributed by atoms with E-state index < -0.39 is 0 Å². The summed E-state index contributed by atoms with van der Waals surface area (Å²) < 4.78 is 5.74. The molecule has 0 saturated heterocycles. The Labute approximate surface area is 112 Å². The second-order valence-corrected chi connectivity index (χ2v) is 4.81. The van der Waals surface area contributed by atoms with Crippen LogP contribution in [0.1, 0.15) is 13.8 Å². The normalized spacial score (nSPS) is 11.1. The van der Waals surface area contributed by atoms with Gasteiger partial charge in [0.05, 0.1) is 5.02 Å². The molecule has 0 aliphatic rings. The summed E-state index contributed by atoms with van der Waals surface area (Å²) in [7, 11) is 0. The standard InChI is InChI=1S/C14H17ClN2O/c1-10(2)16-8-9-18-13-6-5-12(15)11-4-3-7-17-14(11)13/h3-7,10,16H,8-9H2,1-2H3. The summed E-state index contributed by atoms with van der Waals surface area (Å²) >= 11 is 6.12. The molecule has 1 N–H and O–H groups in total. The minimum atomic E-state index is 0.466. The highest BCUT2D eigenvalue weighted by atomic mass is 35.5. The Hall–Kier alpha value is -1.32. The van der Waals surface area contributed by atoms with Gasteiger partial charge in [-0.3, -0.25) is 4.98 Å². The van der Waals surface area contributed by atoms with Crippen molar-refractivity contribution >= 4 is 22.5 Å². The lowest BCUT2D eigenvalue weighted by Gasteiger charge is -2.11. The number of hydrogen-bond acceptors (Lipinski definition) is 3. The molecule has 0 amide bonds. The number of aromatic nitrogens is 1. The maximum Gasteiger partial charge on any atom is 0.145 e. The lowest BCUT2D eigenvalue weighted by atomic mass is 10.2. The molecule has 0 spiro atoms. The van der Waals surface area contributed by atoms with Crippen LogP contribution in [0.25, 0.3) is 10.9 Å². The average molecular weight is 265 g/mol. The molecule has 1 aromatic carbocycles. The quantitative estimate of drug-likeness (QED) is 0.842. The van der Waals surface area contributed by atoms with Gasteiger partial charge in [0.2, 0.25) is 0 Å². The fourth-order valence-corrected chi connectivity index (χ4v) is 1.95. The van der Waals surface area contributed by atoms with Crippen LogP contribution in [-0.4, -0.2) is 24.2 Å². The number of benzene rings is 1. The summed E-state index contributed by atoms with van der Waals surface area (Å²) in [6, 6.07) is 8.00. The van der Waals surface area contributed by atoms with E-state index in [-0.39, 0.29) is 0 Å². The number of nitrogens with one attached hydrogen (secondary N) is 1. The van der Waals surface area contributed by atoms with Crippen LogP contribution in [0, 0.1) is 0 Å². The zero-order valence-corrected chi connectivity index (χ0v) is 11.4. The fraction of sp³-hybridized carbons (Fsp3) is 0.357. The highest BCUT2D eigenvalue weighted by molar-refractivity contribution is 6.35. The Balaban J connectivity index is 2.11. The maximum absolute atomic E-state index is 6.12. The summed E-state index contributed by atoms with van der Waals surface area (Å²) in [5.41, 5.74) is 0.814. The van der Waals surface area contributed by atoms with Crippen molar-refractivity contribution in [3.05, 3.63) is 35.5 Å². The van der Waals surface area contributed by atoms with Crippen LogP contribution in [0.4, 0.5) is 0 Å². The molecule has 4 heteroatoms. The first-order valence-corrected chi connectivity index (χ1v) is 6.45. The Morgan fingerprint density at radius 1 is 1.33 bits per heavy atom. The van der Waals surface area contributed by atoms with Crippen molar-refractivity contribution in [3.63, 3.8) is 0 Å². The summed E-state index contributed by atoms with van der Waals surface area (Å²) in [5.74, 6) is 0.778. The van der Waals surface area contributed by atoms with Gasteiger partial charge in [-0.1, -0.05) is 25.4 Å². The van der Waals surface area contributed by atoms with Gasteiger partial charge in [-0.2, -0.15) is 0 Å². The SMILES string of the molecule is CC(C)NCCOc1ccc(Cl)c2cccnc12. The van der Waals surface area contributed by atoms with E-state index in [0.717, 1.165) is 23.2 Å². The Kier molecular flexibility index (Phi) is 4.39. The van der Waals surface area contributed by atoms with Gasteiger partial charge in [-0.15, -0.1) is 0 Å². The molecule has 0 unspecified atom stereocenters. The van der Waals surface area contributed by atoms with Gasteiger partial charge >= 0.3 is 0 Å². The van der Waals surface area contributed by atoms with E-state index in [0.29, 0.717) is 17.7 Å². The van der Waals surface area contributed by atoms with E-state index >= 15 is 0 Å². The predicted octanol–water partition coefficient (Wildman–Crippen LogP) is 3.27. The van der Waals surface area contributed by atoms with Crippen molar-refractivity contribution in [2.75, 3.05) is 13.2 Å². The lowest BCUT2D eigenvalue weighted by Crippen LogP contribution is -2.27. The van der Waals surface area contributed by atoms with Crippen LogP contribution in [0.2, 0.25) is 5.02 Å². The van der Waals surface area contributed by atoms with E-state index in [4.69, 9.17) is 16.3 Å². The number of pyridine rings is 1. The van der Waals surface area contributed by atoms with Gasteiger partial charge in [0.25, 0.3) is 0 Å². The highest BCUT2D eigenvalue weighted by Crippen LogP contribution is 2.29. The van der Waals surface area contributed by atoms with E-state index in [2.05, 4.69) is 24.1 Å². The minimum Gasteiger partial charge on any atom is -0.490 e. The van der Waals surface area contributed by atoms with E-state index in [1.54, 1.807) is 6.20 Å². The first kappa shape index (κ1) is 13.1. The third-order valence-electron chi connectivity index (χ3n) is 2.59. The van der Waals surface area contributed by atoms with Gasteiger partial charge < -0.3 is 10.1 Å². The van der Waals surface area contributed by atoms with Crippen LogP contribution in [0.3, 0.4) is 0 Å². The van der Waals surface area contributed by atoms with E-state index in [1.165, 1.54) is 0 Å². The molecule has 0 saturated carbocycles. The molecule has 1 aromatic heterocycles. The zero-order chi connectivity index (χ0) is 13.0. The van der Waals surface area contributed by atoms with Crippen LogP contribution >= 0.6 is 11.6 Å². The lowest BCUT2D eigenvalue weighted by molar-refractivity contribution is 0.312. The molecular weight excluding hydrogens is 248 g/mol. The van der Waals surface area contributed by atoms with Crippen LogP contribution < -0.4 is 10.1 Å².